The molecule has 0 radical (unpaired) electrons. The summed E-state index contributed by atoms with van der Waals surface area (Å²) < 4.78 is 70.3. The van der Waals surface area contributed by atoms with Gasteiger partial charge in [0.15, 0.2) is 0 Å². The second-order valence-electron chi connectivity index (χ2n) is 7.20. The molecular formula is C20H18F3N3O5S. The normalized spacial score (nSPS) is 13.3. The van der Waals surface area contributed by atoms with Crippen molar-refractivity contribution in [3.05, 3.63) is 54.1 Å². The van der Waals surface area contributed by atoms with E-state index in [2.05, 4.69) is 14.9 Å². The number of halogens is 3. The second-order valence-corrected chi connectivity index (χ2v) is 8.92. The Kier molecular flexibility index (Phi) is 6.37. The Hall–Kier alpha value is -3.25. The topological polar surface area (TPSA) is 122 Å². The SMILES string of the molecule is CC(C)C(NS(=O)(=O)c1ccc(-c2nc(-c3ccc(C(F)(F)F)cc3)no2)cc1)C(=O)O. The van der Waals surface area contributed by atoms with E-state index in [1.54, 1.807) is 13.8 Å². The minimum absolute atomic E-state index is 0.0300. The quantitative estimate of drug-likeness (QED) is 0.539. The molecule has 32 heavy (non-hydrogen) atoms. The summed E-state index contributed by atoms with van der Waals surface area (Å²) >= 11 is 0. The molecule has 0 bridgehead atoms. The number of benzene rings is 2. The van der Waals surface area contributed by atoms with E-state index in [0.717, 1.165) is 12.1 Å². The molecule has 0 saturated carbocycles. The van der Waals surface area contributed by atoms with Crippen molar-refractivity contribution in [1.29, 1.82) is 0 Å². The lowest BCUT2D eigenvalue weighted by Gasteiger charge is -2.17. The van der Waals surface area contributed by atoms with E-state index in [1.807, 2.05) is 0 Å². The Bertz CT molecular complexity index is 1200. The molecule has 8 nitrogen and oxygen atoms in total. The maximum absolute atomic E-state index is 12.7. The van der Waals surface area contributed by atoms with Crippen molar-refractivity contribution in [1.82, 2.24) is 14.9 Å². The number of carbonyl (C=O) groups is 1. The number of carboxylic acid groups (broad SMARTS) is 1. The number of sulfonamides is 1. The molecule has 0 aliphatic carbocycles. The van der Waals surface area contributed by atoms with E-state index in [-0.39, 0.29) is 16.6 Å². The fourth-order valence-corrected chi connectivity index (χ4v) is 4.09. The monoisotopic (exact) mass is 469 g/mol. The molecule has 1 atom stereocenters. The molecule has 3 rings (SSSR count). The zero-order valence-corrected chi connectivity index (χ0v) is 17.6. The maximum atomic E-state index is 12.7. The van der Waals surface area contributed by atoms with Crippen LogP contribution >= 0.6 is 0 Å². The molecule has 1 heterocycles. The fraction of sp³-hybridized carbons (Fsp3) is 0.250. The number of nitrogens with one attached hydrogen (secondary N) is 1. The minimum Gasteiger partial charge on any atom is -0.480 e. The Morgan fingerprint density at radius 2 is 1.59 bits per heavy atom. The van der Waals surface area contributed by atoms with E-state index < -0.39 is 39.7 Å². The van der Waals surface area contributed by atoms with E-state index in [0.29, 0.717) is 11.1 Å². The van der Waals surface area contributed by atoms with Crippen LogP contribution < -0.4 is 4.72 Å². The molecule has 0 aliphatic heterocycles. The van der Waals surface area contributed by atoms with Crippen LogP contribution in [0.25, 0.3) is 22.8 Å². The molecule has 1 aromatic heterocycles. The van der Waals surface area contributed by atoms with Gasteiger partial charge in [-0.2, -0.15) is 22.9 Å². The smallest absolute Gasteiger partial charge is 0.416 e. The lowest BCUT2D eigenvalue weighted by molar-refractivity contribution is -0.140. The molecule has 12 heteroatoms. The van der Waals surface area contributed by atoms with Crippen molar-refractivity contribution in [2.75, 3.05) is 0 Å². The Morgan fingerprint density at radius 3 is 2.09 bits per heavy atom. The molecule has 170 valence electrons. The fourth-order valence-electron chi connectivity index (χ4n) is 2.75. The first-order valence-electron chi connectivity index (χ1n) is 9.25. The van der Waals surface area contributed by atoms with Gasteiger partial charge in [0.1, 0.15) is 6.04 Å². The standard InChI is InChI=1S/C20H18F3N3O5S/c1-11(2)16(19(27)28)26-32(29,30)15-9-5-13(6-10-15)18-24-17(25-31-18)12-3-7-14(8-4-12)20(21,22)23/h3-11,16,26H,1-2H3,(H,27,28). The van der Waals surface area contributed by atoms with Crippen LogP contribution in [0.5, 0.6) is 0 Å². The molecule has 0 fully saturated rings. The van der Waals surface area contributed by atoms with Crippen molar-refractivity contribution in [2.45, 2.75) is 31.0 Å². The van der Waals surface area contributed by atoms with Gasteiger partial charge in [0.2, 0.25) is 15.8 Å². The van der Waals surface area contributed by atoms with Gasteiger partial charge < -0.3 is 9.63 Å². The van der Waals surface area contributed by atoms with Crippen LogP contribution in [-0.2, 0) is 21.0 Å². The number of aliphatic carboxylic acids is 1. The van der Waals surface area contributed by atoms with Crippen LogP contribution in [0.3, 0.4) is 0 Å². The second kappa shape index (κ2) is 8.71. The number of carboxylic acids is 1. The van der Waals surface area contributed by atoms with Gasteiger partial charge in [-0.15, -0.1) is 0 Å². The zero-order chi connectivity index (χ0) is 23.7. The van der Waals surface area contributed by atoms with Crippen LogP contribution in [-0.4, -0.2) is 35.7 Å². The third-order valence-electron chi connectivity index (χ3n) is 4.52. The summed E-state index contributed by atoms with van der Waals surface area (Å²) in [4.78, 5) is 15.2. The van der Waals surface area contributed by atoms with Crippen LogP contribution in [0, 0.1) is 5.92 Å². The van der Waals surface area contributed by atoms with Gasteiger partial charge in [0.25, 0.3) is 5.89 Å². The highest BCUT2D eigenvalue weighted by molar-refractivity contribution is 7.89. The summed E-state index contributed by atoms with van der Waals surface area (Å²) in [6.07, 6.45) is -4.46. The first kappa shape index (κ1) is 23.4. The summed E-state index contributed by atoms with van der Waals surface area (Å²) in [5.74, 6) is -1.67. The van der Waals surface area contributed by atoms with Gasteiger partial charge in [0, 0.05) is 11.1 Å². The Balaban J connectivity index is 1.80. The van der Waals surface area contributed by atoms with Crippen molar-refractivity contribution in [3.8, 4) is 22.8 Å². The maximum Gasteiger partial charge on any atom is 0.416 e. The van der Waals surface area contributed by atoms with Crippen LogP contribution in [0.4, 0.5) is 13.2 Å². The summed E-state index contributed by atoms with van der Waals surface area (Å²) in [6, 6.07) is 8.23. The predicted molar refractivity (Wildman–Crippen MR) is 107 cm³/mol. The van der Waals surface area contributed by atoms with Gasteiger partial charge in [-0.25, -0.2) is 8.42 Å². The molecular weight excluding hydrogens is 451 g/mol. The summed E-state index contributed by atoms with van der Waals surface area (Å²) in [6.45, 7) is 3.16. The Morgan fingerprint density at radius 1 is 1.03 bits per heavy atom. The molecule has 1 unspecified atom stereocenters. The van der Waals surface area contributed by atoms with E-state index in [9.17, 15) is 31.5 Å². The number of hydrogen-bond donors (Lipinski definition) is 2. The third kappa shape index (κ3) is 5.14. The molecule has 2 N–H and O–H groups in total. The highest BCUT2D eigenvalue weighted by Gasteiger charge is 2.30. The highest BCUT2D eigenvalue weighted by Crippen LogP contribution is 2.31. The molecule has 3 aromatic rings. The summed E-state index contributed by atoms with van der Waals surface area (Å²) in [5, 5.41) is 12.9. The largest absolute Gasteiger partial charge is 0.480 e. The highest BCUT2D eigenvalue weighted by atomic mass is 32.2. The van der Waals surface area contributed by atoms with Crippen LogP contribution in [0.2, 0.25) is 0 Å². The van der Waals surface area contributed by atoms with Crippen LogP contribution in [0.15, 0.2) is 57.9 Å². The molecule has 2 aromatic carbocycles. The van der Waals surface area contributed by atoms with Crippen LogP contribution in [0.1, 0.15) is 19.4 Å². The molecule has 0 saturated heterocycles. The van der Waals surface area contributed by atoms with Gasteiger partial charge in [-0.1, -0.05) is 31.1 Å². The van der Waals surface area contributed by atoms with Gasteiger partial charge in [-0.05, 0) is 42.3 Å². The van der Waals surface area contributed by atoms with Gasteiger partial charge >= 0.3 is 12.1 Å². The van der Waals surface area contributed by atoms with E-state index in [4.69, 9.17) is 4.52 Å². The first-order valence-corrected chi connectivity index (χ1v) is 10.7. The zero-order valence-electron chi connectivity index (χ0n) is 16.8. The van der Waals surface area contributed by atoms with E-state index >= 15 is 0 Å². The van der Waals surface area contributed by atoms with Gasteiger partial charge in [-0.3, -0.25) is 4.79 Å². The first-order chi connectivity index (χ1) is 14.9. The number of nitrogens with zero attached hydrogens (tertiary/aromatic N) is 2. The molecule has 0 aliphatic rings. The number of hydrogen-bond acceptors (Lipinski definition) is 6. The molecule has 0 spiro atoms. The predicted octanol–water partition coefficient (Wildman–Crippen LogP) is 3.81. The van der Waals surface area contributed by atoms with Crippen molar-refractivity contribution in [2.24, 2.45) is 5.92 Å². The lowest BCUT2D eigenvalue weighted by atomic mass is 10.1. The number of rotatable bonds is 7. The van der Waals surface area contributed by atoms with E-state index in [1.165, 1.54) is 36.4 Å². The average molecular weight is 469 g/mol. The van der Waals surface area contributed by atoms with Crippen molar-refractivity contribution >= 4 is 16.0 Å². The number of alkyl halides is 3. The van der Waals surface area contributed by atoms with Gasteiger partial charge in [0.05, 0.1) is 10.5 Å². The minimum atomic E-state index is -4.46. The van der Waals surface area contributed by atoms with Crippen molar-refractivity contribution < 1.29 is 36.0 Å². The van der Waals surface area contributed by atoms with Crippen molar-refractivity contribution in [3.63, 3.8) is 0 Å². The summed E-state index contributed by atoms with van der Waals surface area (Å²) in [7, 11) is -4.09. The Labute approximate surface area is 181 Å². The summed E-state index contributed by atoms with van der Waals surface area (Å²) in [5.41, 5.74) is -0.129. The molecule has 0 amide bonds. The number of aromatic nitrogens is 2. The third-order valence-corrected chi connectivity index (χ3v) is 5.98. The lowest BCUT2D eigenvalue weighted by Crippen LogP contribution is -2.44. The average Bonchev–Trinajstić information content (AvgIpc) is 3.21.